The summed E-state index contributed by atoms with van der Waals surface area (Å²) in [4.78, 5) is 8.93. The van der Waals surface area contributed by atoms with E-state index in [1.54, 1.807) is 6.20 Å². The Balaban J connectivity index is 1.81. The highest BCUT2D eigenvalue weighted by atomic mass is 16.5. The monoisotopic (exact) mass is 282 g/mol. The fraction of sp³-hybridized carbons (Fsp3) is 0.333. The maximum atomic E-state index is 5.45. The molecule has 6 heteroatoms. The Hall–Kier alpha value is -2.50. The molecular formula is C15H14N4O2. The quantitative estimate of drug-likeness (QED) is 0.719. The first-order chi connectivity index (χ1) is 10.2. The van der Waals surface area contributed by atoms with Crippen molar-refractivity contribution in [1.29, 1.82) is 0 Å². The summed E-state index contributed by atoms with van der Waals surface area (Å²) in [5.41, 5.74) is 4.93. The SMILES string of the molecule is Cc1noc(C)c1-c1noc(-c2ccnc3c2CCC3)n1. The highest BCUT2D eigenvalue weighted by Gasteiger charge is 2.22. The zero-order chi connectivity index (χ0) is 14.4. The minimum absolute atomic E-state index is 0.518. The van der Waals surface area contributed by atoms with Gasteiger partial charge in [0, 0.05) is 17.5 Å². The van der Waals surface area contributed by atoms with Crippen LogP contribution >= 0.6 is 0 Å². The number of rotatable bonds is 2. The smallest absolute Gasteiger partial charge is 0.258 e. The molecular weight excluding hydrogens is 268 g/mol. The zero-order valence-corrected chi connectivity index (χ0v) is 11.9. The number of hydrogen-bond acceptors (Lipinski definition) is 6. The lowest BCUT2D eigenvalue weighted by atomic mass is 10.1. The Labute approximate surface area is 121 Å². The number of hydrogen-bond donors (Lipinski definition) is 0. The molecule has 6 nitrogen and oxygen atoms in total. The first kappa shape index (κ1) is 12.3. The summed E-state index contributed by atoms with van der Waals surface area (Å²) in [6, 6.07) is 1.94. The van der Waals surface area contributed by atoms with Gasteiger partial charge in [0.05, 0.1) is 11.3 Å². The van der Waals surface area contributed by atoms with Crippen LogP contribution in [-0.2, 0) is 12.8 Å². The van der Waals surface area contributed by atoms with Crippen molar-refractivity contribution in [3.63, 3.8) is 0 Å². The van der Waals surface area contributed by atoms with Crippen LogP contribution in [0.25, 0.3) is 22.8 Å². The average Bonchev–Trinajstić information content (AvgIpc) is 3.18. The fourth-order valence-corrected chi connectivity index (χ4v) is 2.90. The van der Waals surface area contributed by atoms with Gasteiger partial charge in [0.25, 0.3) is 5.89 Å². The molecule has 0 aliphatic heterocycles. The summed E-state index contributed by atoms with van der Waals surface area (Å²) in [5.74, 6) is 1.75. The van der Waals surface area contributed by atoms with Crippen molar-refractivity contribution in [3.8, 4) is 22.8 Å². The first-order valence-electron chi connectivity index (χ1n) is 6.98. The summed E-state index contributed by atoms with van der Waals surface area (Å²) in [7, 11) is 0. The van der Waals surface area contributed by atoms with Crippen molar-refractivity contribution in [2.75, 3.05) is 0 Å². The molecule has 4 rings (SSSR count). The van der Waals surface area contributed by atoms with E-state index in [0.29, 0.717) is 17.5 Å². The molecule has 1 aliphatic rings. The van der Waals surface area contributed by atoms with Crippen LogP contribution in [0, 0.1) is 13.8 Å². The van der Waals surface area contributed by atoms with Crippen LogP contribution in [0.5, 0.6) is 0 Å². The van der Waals surface area contributed by atoms with E-state index in [9.17, 15) is 0 Å². The van der Waals surface area contributed by atoms with E-state index < -0.39 is 0 Å². The molecule has 3 aromatic heterocycles. The van der Waals surface area contributed by atoms with Crippen LogP contribution < -0.4 is 0 Å². The molecule has 21 heavy (non-hydrogen) atoms. The molecule has 1 aliphatic carbocycles. The second-order valence-corrected chi connectivity index (χ2v) is 5.26. The van der Waals surface area contributed by atoms with Gasteiger partial charge in [-0.1, -0.05) is 10.3 Å². The standard InChI is InChI=1S/C15H14N4O2/c1-8-13(9(2)20-18-8)14-17-15(21-19-14)11-6-7-16-12-5-3-4-10(11)12/h6-7H,3-5H2,1-2H3. The van der Waals surface area contributed by atoms with Gasteiger partial charge in [0.2, 0.25) is 5.82 Å². The van der Waals surface area contributed by atoms with Crippen LogP contribution in [0.4, 0.5) is 0 Å². The lowest BCUT2D eigenvalue weighted by Gasteiger charge is -2.02. The van der Waals surface area contributed by atoms with Crippen molar-refractivity contribution in [2.45, 2.75) is 33.1 Å². The third-order valence-corrected chi connectivity index (χ3v) is 3.90. The predicted molar refractivity (Wildman–Crippen MR) is 74.5 cm³/mol. The summed E-state index contributed by atoms with van der Waals surface area (Å²) >= 11 is 0. The van der Waals surface area contributed by atoms with Crippen LogP contribution in [0.1, 0.15) is 29.1 Å². The van der Waals surface area contributed by atoms with Crippen LogP contribution in [0.2, 0.25) is 0 Å². The Bertz CT molecular complexity index is 799. The first-order valence-corrected chi connectivity index (χ1v) is 6.98. The van der Waals surface area contributed by atoms with Gasteiger partial charge < -0.3 is 9.05 Å². The molecule has 0 unspecified atom stereocenters. The largest absolute Gasteiger partial charge is 0.361 e. The highest BCUT2D eigenvalue weighted by molar-refractivity contribution is 5.65. The van der Waals surface area contributed by atoms with E-state index in [-0.39, 0.29) is 0 Å². The zero-order valence-electron chi connectivity index (χ0n) is 11.9. The van der Waals surface area contributed by atoms with Gasteiger partial charge in [-0.15, -0.1) is 0 Å². The highest BCUT2D eigenvalue weighted by Crippen LogP contribution is 2.32. The average molecular weight is 282 g/mol. The van der Waals surface area contributed by atoms with E-state index in [2.05, 4.69) is 20.3 Å². The second kappa shape index (κ2) is 4.51. The maximum absolute atomic E-state index is 5.45. The second-order valence-electron chi connectivity index (χ2n) is 5.26. The minimum atomic E-state index is 0.518. The van der Waals surface area contributed by atoms with Crippen LogP contribution in [0.15, 0.2) is 21.3 Å². The van der Waals surface area contributed by atoms with E-state index in [0.717, 1.165) is 41.8 Å². The molecule has 0 spiro atoms. The number of pyridine rings is 1. The molecule has 106 valence electrons. The van der Waals surface area contributed by atoms with Gasteiger partial charge in [-0.05, 0) is 44.7 Å². The Morgan fingerprint density at radius 2 is 2.00 bits per heavy atom. The van der Waals surface area contributed by atoms with Gasteiger partial charge in [-0.25, -0.2) is 0 Å². The van der Waals surface area contributed by atoms with Crippen molar-refractivity contribution in [1.82, 2.24) is 20.3 Å². The number of fused-ring (bicyclic) bond motifs is 1. The van der Waals surface area contributed by atoms with Gasteiger partial charge >= 0.3 is 0 Å². The molecule has 3 heterocycles. The molecule has 0 atom stereocenters. The molecule has 0 aromatic carbocycles. The topological polar surface area (TPSA) is 77.8 Å². The van der Waals surface area contributed by atoms with Gasteiger partial charge in [0.1, 0.15) is 5.76 Å². The van der Waals surface area contributed by atoms with Gasteiger partial charge in [0.15, 0.2) is 0 Å². The Kier molecular flexibility index (Phi) is 2.63. The Morgan fingerprint density at radius 3 is 2.81 bits per heavy atom. The predicted octanol–water partition coefficient (Wildman–Crippen LogP) is 2.89. The number of aromatic nitrogens is 4. The van der Waals surface area contributed by atoms with Crippen molar-refractivity contribution in [2.24, 2.45) is 0 Å². The normalized spacial score (nSPS) is 13.6. The summed E-state index contributed by atoms with van der Waals surface area (Å²) in [5, 5.41) is 8.00. The molecule has 0 bridgehead atoms. The molecule has 0 amide bonds. The van der Waals surface area contributed by atoms with Crippen molar-refractivity contribution < 1.29 is 9.05 Å². The van der Waals surface area contributed by atoms with Crippen molar-refractivity contribution >= 4 is 0 Å². The van der Waals surface area contributed by atoms with E-state index >= 15 is 0 Å². The lowest BCUT2D eigenvalue weighted by Crippen LogP contribution is -1.92. The fourth-order valence-electron chi connectivity index (χ4n) is 2.90. The summed E-state index contributed by atoms with van der Waals surface area (Å²) in [6.45, 7) is 3.71. The van der Waals surface area contributed by atoms with Gasteiger partial charge in [-0.2, -0.15) is 4.98 Å². The lowest BCUT2D eigenvalue weighted by molar-refractivity contribution is 0.393. The maximum Gasteiger partial charge on any atom is 0.258 e. The molecule has 0 saturated carbocycles. The third-order valence-electron chi connectivity index (χ3n) is 3.90. The van der Waals surface area contributed by atoms with E-state index in [4.69, 9.17) is 9.05 Å². The molecule has 0 radical (unpaired) electrons. The molecule has 3 aromatic rings. The summed E-state index contributed by atoms with van der Waals surface area (Å²) in [6.07, 6.45) is 4.97. The van der Waals surface area contributed by atoms with Gasteiger partial charge in [-0.3, -0.25) is 4.98 Å². The number of aryl methyl sites for hydroxylation is 3. The van der Waals surface area contributed by atoms with E-state index in [1.807, 2.05) is 19.9 Å². The summed E-state index contributed by atoms with van der Waals surface area (Å²) < 4.78 is 10.6. The van der Waals surface area contributed by atoms with Crippen LogP contribution in [-0.4, -0.2) is 20.3 Å². The van der Waals surface area contributed by atoms with Crippen LogP contribution in [0.3, 0.4) is 0 Å². The minimum Gasteiger partial charge on any atom is -0.361 e. The number of nitrogens with zero attached hydrogens (tertiary/aromatic N) is 4. The Morgan fingerprint density at radius 1 is 1.10 bits per heavy atom. The third kappa shape index (κ3) is 1.86. The molecule has 0 saturated heterocycles. The molecule has 0 N–H and O–H groups in total. The van der Waals surface area contributed by atoms with E-state index in [1.165, 1.54) is 5.56 Å². The molecule has 0 fully saturated rings. The van der Waals surface area contributed by atoms with Crippen molar-refractivity contribution in [3.05, 3.63) is 35.0 Å².